The summed E-state index contributed by atoms with van der Waals surface area (Å²) in [5.41, 5.74) is 1.29. The molecule has 0 spiro atoms. The fourth-order valence-corrected chi connectivity index (χ4v) is 2.57. The first kappa shape index (κ1) is 20.6. The van der Waals surface area contributed by atoms with E-state index >= 15 is 0 Å². The van der Waals surface area contributed by atoms with E-state index in [1.54, 1.807) is 19.1 Å². The summed E-state index contributed by atoms with van der Waals surface area (Å²) >= 11 is 0. The number of rotatable bonds is 9. The summed E-state index contributed by atoms with van der Waals surface area (Å²) < 4.78 is 37.7. The minimum absolute atomic E-state index is 0.0946. The molecule has 0 aromatic heterocycles. The van der Waals surface area contributed by atoms with E-state index < -0.39 is 11.6 Å². The molecule has 1 amide bonds. The Labute approximate surface area is 157 Å². The van der Waals surface area contributed by atoms with Crippen molar-refractivity contribution < 1.29 is 23.0 Å². The summed E-state index contributed by atoms with van der Waals surface area (Å²) in [6.07, 6.45) is 0. The number of methoxy groups -OCH3 is 1. The van der Waals surface area contributed by atoms with Gasteiger partial charge in [-0.25, -0.2) is 8.78 Å². The highest BCUT2D eigenvalue weighted by molar-refractivity contribution is 5.77. The first-order valence-corrected chi connectivity index (χ1v) is 8.69. The van der Waals surface area contributed by atoms with Gasteiger partial charge in [0.05, 0.1) is 7.11 Å². The van der Waals surface area contributed by atoms with Crippen molar-refractivity contribution in [2.75, 3.05) is 20.3 Å². The number of hydrogen-bond acceptors (Lipinski definition) is 4. The van der Waals surface area contributed by atoms with Crippen LogP contribution in [0, 0.1) is 11.6 Å². The molecule has 2 N–H and O–H groups in total. The van der Waals surface area contributed by atoms with E-state index in [0.717, 1.165) is 11.6 Å². The molecule has 2 aromatic rings. The average Bonchev–Trinajstić information content (AvgIpc) is 2.65. The predicted molar refractivity (Wildman–Crippen MR) is 98.8 cm³/mol. The Morgan fingerprint density at radius 3 is 2.59 bits per heavy atom. The number of carbonyl (C=O) groups is 1. The van der Waals surface area contributed by atoms with Gasteiger partial charge in [0, 0.05) is 30.8 Å². The zero-order chi connectivity index (χ0) is 19.8. The fourth-order valence-electron chi connectivity index (χ4n) is 2.57. The van der Waals surface area contributed by atoms with Gasteiger partial charge in [0.2, 0.25) is 0 Å². The molecule has 1 atom stereocenters. The van der Waals surface area contributed by atoms with Crippen LogP contribution in [-0.2, 0) is 11.3 Å². The summed E-state index contributed by atoms with van der Waals surface area (Å²) in [5.74, 6) is -0.428. The van der Waals surface area contributed by atoms with Crippen molar-refractivity contribution >= 4 is 5.91 Å². The highest BCUT2D eigenvalue weighted by atomic mass is 19.1. The fraction of sp³-hybridized carbons (Fsp3) is 0.350. The smallest absolute Gasteiger partial charge is 0.257 e. The lowest BCUT2D eigenvalue weighted by atomic mass is 10.1. The third-order valence-corrected chi connectivity index (χ3v) is 4.00. The van der Waals surface area contributed by atoms with Crippen LogP contribution in [0.3, 0.4) is 0 Å². The molecule has 5 nitrogen and oxygen atoms in total. The lowest BCUT2D eigenvalue weighted by Crippen LogP contribution is -2.28. The molecular weight excluding hydrogens is 354 g/mol. The van der Waals surface area contributed by atoms with Crippen LogP contribution >= 0.6 is 0 Å². The summed E-state index contributed by atoms with van der Waals surface area (Å²) in [5, 5.41) is 5.84. The molecular formula is C20H24F2N2O3. The SMILES string of the molecule is CCNC(=O)COc1ccc(CNC(C)c2ccc(F)cc2F)cc1OC. The number of ether oxygens (including phenoxy) is 2. The summed E-state index contributed by atoms with van der Waals surface area (Å²) in [7, 11) is 1.52. The third-order valence-electron chi connectivity index (χ3n) is 4.00. The molecule has 0 aliphatic heterocycles. The molecule has 7 heteroatoms. The first-order chi connectivity index (χ1) is 12.9. The van der Waals surface area contributed by atoms with Crippen molar-refractivity contribution in [3.63, 3.8) is 0 Å². The Kier molecular flexibility index (Phi) is 7.55. The molecule has 0 saturated heterocycles. The Balaban J connectivity index is 1.99. The zero-order valence-corrected chi connectivity index (χ0v) is 15.6. The topological polar surface area (TPSA) is 59.6 Å². The third kappa shape index (κ3) is 5.92. The van der Waals surface area contributed by atoms with E-state index in [0.29, 0.717) is 30.2 Å². The van der Waals surface area contributed by atoms with E-state index in [9.17, 15) is 13.6 Å². The average molecular weight is 378 g/mol. The van der Waals surface area contributed by atoms with Crippen LogP contribution in [0.4, 0.5) is 8.78 Å². The second kappa shape index (κ2) is 9.87. The minimum atomic E-state index is -0.601. The maximum Gasteiger partial charge on any atom is 0.257 e. The normalized spacial score (nSPS) is 11.7. The lowest BCUT2D eigenvalue weighted by molar-refractivity contribution is -0.123. The van der Waals surface area contributed by atoms with Crippen molar-refractivity contribution in [2.45, 2.75) is 26.4 Å². The molecule has 0 aliphatic carbocycles. The van der Waals surface area contributed by atoms with Crippen LogP contribution in [-0.4, -0.2) is 26.2 Å². The number of nitrogens with one attached hydrogen (secondary N) is 2. The zero-order valence-electron chi connectivity index (χ0n) is 15.6. The van der Waals surface area contributed by atoms with Gasteiger partial charge in [-0.3, -0.25) is 4.79 Å². The van der Waals surface area contributed by atoms with Gasteiger partial charge in [-0.15, -0.1) is 0 Å². The van der Waals surface area contributed by atoms with Gasteiger partial charge in [-0.1, -0.05) is 12.1 Å². The van der Waals surface area contributed by atoms with Crippen LogP contribution < -0.4 is 20.1 Å². The molecule has 2 rings (SSSR count). The molecule has 0 aliphatic rings. The van der Waals surface area contributed by atoms with Gasteiger partial charge < -0.3 is 20.1 Å². The van der Waals surface area contributed by atoms with Crippen LogP contribution in [0.5, 0.6) is 11.5 Å². The second-order valence-corrected chi connectivity index (χ2v) is 6.00. The first-order valence-electron chi connectivity index (χ1n) is 8.69. The number of hydrogen-bond donors (Lipinski definition) is 2. The molecule has 0 radical (unpaired) electrons. The van der Waals surface area contributed by atoms with Gasteiger partial charge >= 0.3 is 0 Å². The minimum Gasteiger partial charge on any atom is -0.493 e. The Hall–Kier alpha value is -2.67. The van der Waals surface area contributed by atoms with E-state index in [1.165, 1.54) is 19.2 Å². The van der Waals surface area contributed by atoms with Crippen LogP contribution in [0.15, 0.2) is 36.4 Å². The van der Waals surface area contributed by atoms with Crippen LogP contribution in [0.25, 0.3) is 0 Å². The van der Waals surface area contributed by atoms with E-state index in [2.05, 4.69) is 10.6 Å². The highest BCUT2D eigenvalue weighted by Crippen LogP contribution is 2.28. The molecule has 0 saturated carbocycles. The monoisotopic (exact) mass is 378 g/mol. The molecule has 146 valence electrons. The van der Waals surface area contributed by atoms with Crippen molar-refractivity contribution in [1.29, 1.82) is 0 Å². The molecule has 0 fully saturated rings. The number of halogens is 2. The van der Waals surface area contributed by atoms with E-state index in [4.69, 9.17) is 9.47 Å². The van der Waals surface area contributed by atoms with Crippen molar-refractivity contribution in [2.24, 2.45) is 0 Å². The quantitative estimate of drug-likeness (QED) is 0.703. The Morgan fingerprint density at radius 2 is 1.93 bits per heavy atom. The van der Waals surface area contributed by atoms with Crippen molar-refractivity contribution in [1.82, 2.24) is 10.6 Å². The molecule has 0 heterocycles. The number of benzene rings is 2. The Morgan fingerprint density at radius 1 is 1.15 bits per heavy atom. The van der Waals surface area contributed by atoms with E-state index in [-0.39, 0.29) is 18.6 Å². The molecule has 1 unspecified atom stereocenters. The molecule has 0 bridgehead atoms. The van der Waals surface area contributed by atoms with Crippen LogP contribution in [0.1, 0.15) is 31.0 Å². The maximum absolute atomic E-state index is 13.9. The maximum atomic E-state index is 13.9. The number of carbonyl (C=O) groups excluding carboxylic acids is 1. The van der Waals surface area contributed by atoms with Gasteiger partial charge in [0.25, 0.3) is 5.91 Å². The summed E-state index contributed by atoms with van der Waals surface area (Å²) in [6.45, 7) is 4.53. The van der Waals surface area contributed by atoms with Crippen LogP contribution in [0.2, 0.25) is 0 Å². The lowest BCUT2D eigenvalue weighted by Gasteiger charge is -2.16. The Bertz CT molecular complexity index is 784. The van der Waals surface area contributed by atoms with E-state index in [1.807, 2.05) is 13.0 Å². The number of likely N-dealkylation sites (N-methyl/N-ethyl adjacent to an activating group) is 1. The summed E-state index contributed by atoms with van der Waals surface area (Å²) in [6, 6.07) is 8.58. The summed E-state index contributed by atoms with van der Waals surface area (Å²) in [4.78, 5) is 11.5. The van der Waals surface area contributed by atoms with Gasteiger partial charge in [0.1, 0.15) is 11.6 Å². The van der Waals surface area contributed by atoms with Crippen molar-refractivity contribution in [3.05, 3.63) is 59.2 Å². The van der Waals surface area contributed by atoms with Crippen molar-refractivity contribution in [3.8, 4) is 11.5 Å². The van der Waals surface area contributed by atoms with Gasteiger partial charge in [-0.05, 0) is 37.6 Å². The predicted octanol–water partition coefficient (Wildman–Crippen LogP) is 3.34. The second-order valence-electron chi connectivity index (χ2n) is 6.00. The highest BCUT2D eigenvalue weighted by Gasteiger charge is 2.13. The largest absolute Gasteiger partial charge is 0.493 e. The standard InChI is InChI=1S/C20H24F2N2O3/c1-4-23-20(25)12-27-18-8-5-14(9-19(18)26-3)11-24-13(2)16-7-6-15(21)10-17(16)22/h5-10,13,24H,4,11-12H2,1-3H3,(H,23,25). The van der Waals surface area contributed by atoms with Gasteiger partial charge in [-0.2, -0.15) is 0 Å². The number of amides is 1. The molecule has 2 aromatic carbocycles. The van der Waals surface area contributed by atoms with Gasteiger partial charge in [0.15, 0.2) is 18.1 Å². The molecule has 27 heavy (non-hydrogen) atoms.